The van der Waals surface area contributed by atoms with Crippen molar-refractivity contribution in [1.82, 2.24) is 5.32 Å². The molecular formula is C16H31NO. The average molecular weight is 253 g/mol. The van der Waals surface area contributed by atoms with E-state index >= 15 is 0 Å². The molecule has 1 heterocycles. The van der Waals surface area contributed by atoms with Crippen LogP contribution in [0.25, 0.3) is 0 Å². The van der Waals surface area contributed by atoms with E-state index in [1.165, 1.54) is 64.3 Å². The molecule has 2 aliphatic rings. The fraction of sp³-hybridized carbons (Fsp3) is 1.00. The zero-order valence-electron chi connectivity index (χ0n) is 12.3. The summed E-state index contributed by atoms with van der Waals surface area (Å²) in [5, 5.41) is 3.69. The minimum atomic E-state index is 0.587. The Balaban J connectivity index is 1.62. The van der Waals surface area contributed by atoms with Crippen LogP contribution in [0, 0.1) is 5.41 Å². The predicted molar refractivity (Wildman–Crippen MR) is 76.9 cm³/mol. The topological polar surface area (TPSA) is 21.3 Å². The van der Waals surface area contributed by atoms with Crippen LogP contribution in [-0.4, -0.2) is 25.3 Å². The first-order valence-electron chi connectivity index (χ1n) is 8.07. The van der Waals surface area contributed by atoms with E-state index < -0.39 is 0 Å². The van der Waals surface area contributed by atoms with Crippen LogP contribution in [-0.2, 0) is 4.74 Å². The Kier molecular flexibility index (Phi) is 5.50. The van der Waals surface area contributed by atoms with Gasteiger partial charge < -0.3 is 10.1 Å². The van der Waals surface area contributed by atoms with Gasteiger partial charge in [-0.1, -0.05) is 20.3 Å². The van der Waals surface area contributed by atoms with Crippen molar-refractivity contribution in [2.24, 2.45) is 5.41 Å². The molecule has 0 bridgehead atoms. The molecule has 1 saturated heterocycles. The normalized spacial score (nSPS) is 36.3. The Morgan fingerprint density at radius 2 is 2.22 bits per heavy atom. The van der Waals surface area contributed by atoms with Crippen LogP contribution in [0.3, 0.4) is 0 Å². The van der Waals surface area contributed by atoms with Gasteiger partial charge in [-0.25, -0.2) is 0 Å². The largest absolute Gasteiger partial charge is 0.378 e. The van der Waals surface area contributed by atoms with Gasteiger partial charge in [0.05, 0.1) is 6.10 Å². The summed E-state index contributed by atoms with van der Waals surface area (Å²) in [6.07, 6.45) is 12.7. The fourth-order valence-corrected chi connectivity index (χ4v) is 3.70. The molecule has 0 aromatic rings. The van der Waals surface area contributed by atoms with Crippen LogP contribution in [0.15, 0.2) is 0 Å². The molecule has 0 spiro atoms. The van der Waals surface area contributed by atoms with Crippen molar-refractivity contribution >= 4 is 0 Å². The first-order chi connectivity index (χ1) is 8.72. The lowest BCUT2D eigenvalue weighted by Crippen LogP contribution is -2.28. The monoisotopic (exact) mass is 253 g/mol. The quantitative estimate of drug-likeness (QED) is 0.743. The molecule has 2 fully saturated rings. The van der Waals surface area contributed by atoms with E-state index in [1.54, 1.807) is 0 Å². The highest BCUT2D eigenvalue weighted by molar-refractivity contribution is 4.89. The van der Waals surface area contributed by atoms with Gasteiger partial charge >= 0.3 is 0 Å². The zero-order chi connectivity index (χ0) is 12.8. The van der Waals surface area contributed by atoms with Gasteiger partial charge in [0.2, 0.25) is 0 Å². The maximum absolute atomic E-state index is 5.71. The molecule has 0 amide bonds. The SMILES string of the molecule is CCCNC1CCC(C)(CCCC2CCCO2)C1. The lowest BCUT2D eigenvalue weighted by Gasteiger charge is -2.25. The Morgan fingerprint density at radius 1 is 1.33 bits per heavy atom. The minimum absolute atomic E-state index is 0.587. The highest BCUT2D eigenvalue weighted by Crippen LogP contribution is 2.42. The van der Waals surface area contributed by atoms with Gasteiger partial charge in [-0.3, -0.25) is 0 Å². The van der Waals surface area contributed by atoms with Crippen LogP contribution in [0.2, 0.25) is 0 Å². The maximum atomic E-state index is 5.71. The van der Waals surface area contributed by atoms with Gasteiger partial charge in [0.25, 0.3) is 0 Å². The zero-order valence-corrected chi connectivity index (χ0v) is 12.3. The first-order valence-corrected chi connectivity index (χ1v) is 8.07. The molecule has 1 N–H and O–H groups in total. The van der Waals surface area contributed by atoms with E-state index in [9.17, 15) is 0 Å². The van der Waals surface area contributed by atoms with Crippen molar-refractivity contribution in [3.05, 3.63) is 0 Å². The first kappa shape index (κ1) is 14.3. The summed E-state index contributed by atoms with van der Waals surface area (Å²) in [5.74, 6) is 0. The molecule has 0 aromatic heterocycles. The second-order valence-corrected chi connectivity index (χ2v) is 6.73. The fourth-order valence-electron chi connectivity index (χ4n) is 3.70. The molecule has 3 unspecified atom stereocenters. The second kappa shape index (κ2) is 6.91. The maximum Gasteiger partial charge on any atom is 0.0576 e. The van der Waals surface area contributed by atoms with Crippen LogP contribution >= 0.6 is 0 Å². The van der Waals surface area contributed by atoms with Crippen molar-refractivity contribution in [2.45, 2.75) is 83.8 Å². The summed E-state index contributed by atoms with van der Waals surface area (Å²) in [6, 6.07) is 0.790. The lowest BCUT2D eigenvalue weighted by atomic mass is 9.82. The predicted octanol–water partition coefficient (Wildman–Crippen LogP) is 3.89. The highest BCUT2D eigenvalue weighted by atomic mass is 16.5. The van der Waals surface area contributed by atoms with Gasteiger partial charge in [0, 0.05) is 12.6 Å². The average Bonchev–Trinajstić information content (AvgIpc) is 2.97. The van der Waals surface area contributed by atoms with Crippen molar-refractivity contribution in [3.63, 3.8) is 0 Å². The molecular weight excluding hydrogens is 222 g/mol. The Hall–Kier alpha value is -0.0800. The van der Waals surface area contributed by atoms with Gasteiger partial charge in [0.1, 0.15) is 0 Å². The molecule has 2 rings (SSSR count). The summed E-state index contributed by atoms with van der Waals surface area (Å²) in [6.45, 7) is 6.94. The Morgan fingerprint density at radius 3 is 2.94 bits per heavy atom. The molecule has 1 saturated carbocycles. The van der Waals surface area contributed by atoms with Crippen molar-refractivity contribution in [1.29, 1.82) is 0 Å². The summed E-state index contributed by atoms with van der Waals surface area (Å²) < 4.78 is 5.71. The molecule has 0 aromatic carbocycles. The third-order valence-electron chi connectivity index (χ3n) is 4.85. The number of hydrogen-bond acceptors (Lipinski definition) is 2. The summed E-state index contributed by atoms with van der Waals surface area (Å²) in [5.41, 5.74) is 0.601. The standard InChI is InChI=1S/C16H31NO/c1-3-11-17-14-8-10-16(2,13-14)9-4-6-15-7-5-12-18-15/h14-15,17H,3-13H2,1-2H3. The third-order valence-corrected chi connectivity index (χ3v) is 4.85. The van der Waals surface area contributed by atoms with E-state index in [0.717, 1.165) is 12.6 Å². The minimum Gasteiger partial charge on any atom is -0.378 e. The molecule has 18 heavy (non-hydrogen) atoms. The van der Waals surface area contributed by atoms with Crippen LogP contribution in [0.4, 0.5) is 0 Å². The number of nitrogens with one attached hydrogen (secondary N) is 1. The van der Waals surface area contributed by atoms with Crippen LogP contribution in [0.5, 0.6) is 0 Å². The summed E-state index contributed by atoms with van der Waals surface area (Å²) in [7, 11) is 0. The van der Waals surface area contributed by atoms with E-state index in [1.807, 2.05) is 0 Å². The molecule has 2 nitrogen and oxygen atoms in total. The molecule has 106 valence electrons. The Bertz CT molecular complexity index is 237. The number of rotatable bonds is 7. The molecule has 1 aliphatic heterocycles. The third kappa shape index (κ3) is 4.24. The molecule has 3 atom stereocenters. The van der Waals surface area contributed by atoms with Crippen molar-refractivity contribution in [2.75, 3.05) is 13.2 Å². The van der Waals surface area contributed by atoms with Crippen LogP contribution in [0.1, 0.15) is 71.6 Å². The van der Waals surface area contributed by atoms with Gasteiger partial charge in [0.15, 0.2) is 0 Å². The smallest absolute Gasteiger partial charge is 0.0576 e. The van der Waals surface area contributed by atoms with Gasteiger partial charge in [-0.15, -0.1) is 0 Å². The molecule has 1 aliphatic carbocycles. The molecule has 0 radical (unpaired) electrons. The van der Waals surface area contributed by atoms with E-state index in [4.69, 9.17) is 4.74 Å². The molecule has 2 heteroatoms. The number of ether oxygens (including phenoxy) is 1. The van der Waals surface area contributed by atoms with E-state index in [2.05, 4.69) is 19.2 Å². The van der Waals surface area contributed by atoms with Gasteiger partial charge in [-0.05, 0) is 63.3 Å². The van der Waals surface area contributed by atoms with Gasteiger partial charge in [-0.2, -0.15) is 0 Å². The second-order valence-electron chi connectivity index (χ2n) is 6.73. The highest BCUT2D eigenvalue weighted by Gasteiger charge is 2.34. The number of hydrogen-bond donors (Lipinski definition) is 1. The van der Waals surface area contributed by atoms with Crippen molar-refractivity contribution in [3.8, 4) is 0 Å². The van der Waals surface area contributed by atoms with Crippen LogP contribution < -0.4 is 5.32 Å². The summed E-state index contributed by atoms with van der Waals surface area (Å²) >= 11 is 0. The summed E-state index contributed by atoms with van der Waals surface area (Å²) in [4.78, 5) is 0. The van der Waals surface area contributed by atoms with E-state index in [-0.39, 0.29) is 0 Å². The Labute approximate surface area is 113 Å². The van der Waals surface area contributed by atoms with E-state index in [0.29, 0.717) is 11.5 Å². The van der Waals surface area contributed by atoms with Crippen molar-refractivity contribution < 1.29 is 4.74 Å². The lowest BCUT2D eigenvalue weighted by molar-refractivity contribution is 0.0981.